The first-order valence-electron chi connectivity index (χ1n) is 13.0. The fraction of sp³-hybridized carbons (Fsp3) is 0.464. The number of benzene rings is 2. The molecule has 1 N–H and O–H groups in total. The van der Waals surface area contributed by atoms with Crippen molar-refractivity contribution < 1.29 is 23.5 Å². The number of hydrogen-bond acceptors (Lipinski definition) is 8. The fourth-order valence-electron chi connectivity index (χ4n) is 5.23. The van der Waals surface area contributed by atoms with E-state index in [9.17, 15) is 9.59 Å². The molecule has 2 fully saturated rings. The summed E-state index contributed by atoms with van der Waals surface area (Å²) in [4.78, 5) is 31.3. The van der Waals surface area contributed by atoms with Crippen LogP contribution < -0.4 is 5.32 Å². The lowest BCUT2D eigenvalue weighted by molar-refractivity contribution is -0.252. The van der Waals surface area contributed by atoms with Crippen molar-refractivity contribution in [2.45, 2.75) is 57.0 Å². The normalized spacial score (nSPS) is 21.8. The highest BCUT2D eigenvalue weighted by molar-refractivity contribution is 7.22. The average Bonchev–Trinajstić information content (AvgIpc) is 3.60. The number of nitrogens with one attached hydrogen (secondary N) is 1. The second-order valence-corrected chi connectivity index (χ2v) is 11.3. The van der Waals surface area contributed by atoms with E-state index < -0.39 is 17.9 Å². The van der Waals surface area contributed by atoms with Crippen LogP contribution in [0.25, 0.3) is 10.2 Å². The molecule has 5 rings (SSSR count). The van der Waals surface area contributed by atoms with Crippen molar-refractivity contribution in [1.29, 1.82) is 0 Å². The molecule has 38 heavy (non-hydrogen) atoms. The van der Waals surface area contributed by atoms with Gasteiger partial charge in [0.15, 0.2) is 5.13 Å². The van der Waals surface area contributed by atoms with Crippen molar-refractivity contribution in [3.05, 3.63) is 53.1 Å². The predicted octanol–water partition coefficient (Wildman–Crippen LogP) is 6.27. The Labute approximate surface area is 230 Å². The van der Waals surface area contributed by atoms with Crippen molar-refractivity contribution in [3.8, 4) is 0 Å². The molecular weight excluding hydrogens is 529 g/mol. The van der Waals surface area contributed by atoms with Crippen molar-refractivity contribution in [2.75, 3.05) is 25.5 Å². The third kappa shape index (κ3) is 5.86. The minimum absolute atomic E-state index is 0.147. The van der Waals surface area contributed by atoms with Gasteiger partial charge in [-0.25, -0.2) is 9.88 Å². The molecule has 1 atom stereocenters. The Morgan fingerprint density at radius 3 is 2.58 bits per heavy atom. The quantitative estimate of drug-likeness (QED) is 0.244. The number of Topliss-reactive ketones (excluding diaryl/α,β-unsaturated/α-hetero) is 1. The van der Waals surface area contributed by atoms with Crippen molar-refractivity contribution in [1.82, 2.24) is 9.88 Å². The fourth-order valence-corrected chi connectivity index (χ4v) is 6.36. The van der Waals surface area contributed by atoms with Gasteiger partial charge in [0.05, 0.1) is 40.1 Å². The van der Waals surface area contributed by atoms with E-state index in [0.717, 1.165) is 23.1 Å². The van der Waals surface area contributed by atoms with Gasteiger partial charge in [0.2, 0.25) is 5.78 Å². The average molecular weight is 560 g/mol. The largest absolute Gasteiger partial charge is 0.469 e. The molecule has 1 saturated carbocycles. The molecule has 0 radical (unpaired) electrons. The van der Waals surface area contributed by atoms with Gasteiger partial charge in [-0.05, 0) is 68.4 Å². The van der Waals surface area contributed by atoms with Crippen LogP contribution in [0.4, 0.5) is 15.2 Å². The SMILES string of the molecule is COC(=O)C1CCC(OC(F)(C(=O)Cc2ccc(Nc3nc4ccccc4s3)c(Cl)c2)N2CCCC2)CC1. The Balaban J connectivity index is 1.27. The molecule has 10 heteroatoms. The number of halogens is 2. The Kier molecular flexibility index (Phi) is 8.28. The van der Waals surface area contributed by atoms with Gasteiger partial charge in [0, 0.05) is 19.5 Å². The lowest BCUT2D eigenvalue weighted by Crippen LogP contribution is -2.54. The maximum absolute atomic E-state index is 16.5. The van der Waals surface area contributed by atoms with E-state index in [4.69, 9.17) is 21.1 Å². The third-order valence-corrected chi connectivity index (χ3v) is 8.59. The van der Waals surface area contributed by atoms with Crippen LogP contribution in [-0.2, 0) is 25.5 Å². The smallest absolute Gasteiger partial charge is 0.330 e. The van der Waals surface area contributed by atoms with Crippen molar-refractivity contribution in [2.24, 2.45) is 5.92 Å². The summed E-state index contributed by atoms with van der Waals surface area (Å²) in [6, 6.07) is 13.1. The van der Waals surface area contributed by atoms with E-state index in [1.807, 2.05) is 24.3 Å². The molecule has 1 aliphatic heterocycles. The molecule has 7 nitrogen and oxygen atoms in total. The molecule has 2 aromatic carbocycles. The number of esters is 1. The molecule has 0 spiro atoms. The first kappa shape index (κ1) is 27.0. The summed E-state index contributed by atoms with van der Waals surface area (Å²) in [5.74, 6) is -3.60. The summed E-state index contributed by atoms with van der Waals surface area (Å²) in [7, 11) is 1.37. The highest BCUT2D eigenvalue weighted by Crippen LogP contribution is 2.36. The molecule has 1 saturated heterocycles. The van der Waals surface area contributed by atoms with Crippen molar-refractivity contribution >= 4 is 55.7 Å². The number of likely N-dealkylation sites (tertiary alicyclic amines) is 1. The number of para-hydroxylation sites is 1. The van der Waals surface area contributed by atoms with E-state index in [2.05, 4.69) is 10.3 Å². The number of carbonyl (C=O) groups excluding carboxylic acids is 2. The summed E-state index contributed by atoms with van der Waals surface area (Å²) in [5, 5.41) is 4.37. The number of ether oxygens (including phenoxy) is 2. The van der Waals surface area contributed by atoms with Crippen LogP contribution in [-0.4, -0.2) is 53.9 Å². The number of rotatable bonds is 9. The van der Waals surface area contributed by atoms with Crippen LogP contribution >= 0.6 is 22.9 Å². The zero-order chi connectivity index (χ0) is 26.7. The molecule has 0 amide bonds. The number of aromatic nitrogens is 1. The number of alkyl halides is 1. The minimum atomic E-state index is -2.51. The maximum Gasteiger partial charge on any atom is 0.330 e. The zero-order valence-electron chi connectivity index (χ0n) is 21.3. The van der Waals surface area contributed by atoms with Crippen LogP contribution in [0, 0.1) is 5.92 Å². The van der Waals surface area contributed by atoms with Gasteiger partial charge >= 0.3 is 11.9 Å². The summed E-state index contributed by atoms with van der Waals surface area (Å²) in [5.41, 5.74) is 2.17. The second-order valence-electron chi connectivity index (χ2n) is 9.90. The number of methoxy groups -OCH3 is 1. The van der Waals surface area contributed by atoms with E-state index in [0.29, 0.717) is 60.2 Å². The van der Waals surface area contributed by atoms with E-state index in [1.165, 1.54) is 23.3 Å². The third-order valence-electron chi connectivity index (χ3n) is 7.32. The van der Waals surface area contributed by atoms with E-state index in [1.54, 1.807) is 18.2 Å². The predicted molar refractivity (Wildman–Crippen MR) is 147 cm³/mol. The summed E-state index contributed by atoms with van der Waals surface area (Å²) < 4.78 is 28.3. The zero-order valence-corrected chi connectivity index (χ0v) is 22.8. The standard InChI is InChI=1S/C28H31ClFN3O4S/c1-36-26(35)19-9-11-20(12-10-19)37-28(30,33-14-4-5-15-33)25(34)17-18-8-13-22(21(29)16-18)31-27-32-23-6-2-3-7-24(23)38-27/h2-3,6-8,13,16,19-20H,4-5,9-12,14-15,17H2,1H3,(H,31,32). The molecule has 1 aromatic heterocycles. The molecule has 1 aliphatic carbocycles. The molecule has 1 unspecified atom stereocenters. The van der Waals surface area contributed by atoms with Crippen LogP contribution in [0.2, 0.25) is 5.02 Å². The Bertz CT molecular complexity index is 1270. The van der Waals surface area contributed by atoms with E-state index >= 15 is 4.39 Å². The van der Waals surface area contributed by atoms with Gasteiger partial charge in [0.25, 0.3) is 0 Å². The Morgan fingerprint density at radius 1 is 1.16 bits per heavy atom. The first-order chi connectivity index (χ1) is 18.4. The lowest BCUT2D eigenvalue weighted by Gasteiger charge is -2.37. The molecular formula is C28H31ClFN3O4S. The van der Waals surface area contributed by atoms with Gasteiger partial charge in [-0.2, -0.15) is 4.39 Å². The Hall–Kier alpha value is -2.59. The maximum atomic E-state index is 16.5. The summed E-state index contributed by atoms with van der Waals surface area (Å²) >= 11 is 8.06. The number of ketones is 1. The Morgan fingerprint density at radius 2 is 1.89 bits per heavy atom. The lowest BCUT2D eigenvalue weighted by atomic mass is 9.87. The van der Waals surface area contributed by atoms with Crippen LogP contribution in [0.1, 0.15) is 44.1 Å². The minimum Gasteiger partial charge on any atom is -0.469 e. The van der Waals surface area contributed by atoms with Crippen molar-refractivity contribution in [3.63, 3.8) is 0 Å². The summed E-state index contributed by atoms with van der Waals surface area (Å²) in [6.45, 7) is 0.928. The molecule has 0 bridgehead atoms. The molecule has 202 valence electrons. The number of nitrogens with zero attached hydrogens (tertiary/aromatic N) is 2. The van der Waals surface area contributed by atoms with Gasteiger partial charge < -0.3 is 14.8 Å². The number of hydrogen-bond donors (Lipinski definition) is 1. The second kappa shape index (κ2) is 11.7. The van der Waals surface area contributed by atoms with E-state index in [-0.39, 0.29) is 18.3 Å². The highest BCUT2D eigenvalue weighted by Gasteiger charge is 2.48. The highest BCUT2D eigenvalue weighted by atomic mass is 35.5. The topological polar surface area (TPSA) is 80.8 Å². The number of carbonyl (C=O) groups is 2. The van der Waals surface area contributed by atoms with Crippen LogP contribution in [0.5, 0.6) is 0 Å². The van der Waals surface area contributed by atoms with Crippen LogP contribution in [0.3, 0.4) is 0 Å². The first-order valence-corrected chi connectivity index (χ1v) is 14.2. The number of fused-ring (bicyclic) bond motifs is 1. The van der Waals surface area contributed by atoms with Gasteiger partial charge in [-0.15, -0.1) is 0 Å². The van der Waals surface area contributed by atoms with Gasteiger partial charge in [-0.3, -0.25) is 9.59 Å². The van der Waals surface area contributed by atoms with Gasteiger partial charge in [-0.1, -0.05) is 41.1 Å². The van der Waals surface area contributed by atoms with Crippen LogP contribution in [0.15, 0.2) is 42.5 Å². The van der Waals surface area contributed by atoms with Gasteiger partial charge in [0.1, 0.15) is 0 Å². The number of thiazole rings is 1. The molecule has 3 aromatic rings. The molecule has 2 heterocycles. The molecule has 2 aliphatic rings. The monoisotopic (exact) mass is 559 g/mol. The summed E-state index contributed by atoms with van der Waals surface area (Å²) in [6.07, 6.45) is 3.17. The number of anilines is 2.